The minimum Gasteiger partial charge on any atom is -0.320 e. The van der Waals surface area contributed by atoms with Crippen molar-refractivity contribution in [2.75, 3.05) is 46.8 Å². The highest BCUT2D eigenvalue weighted by Gasteiger charge is 2.01. The van der Waals surface area contributed by atoms with E-state index in [0.29, 0.717) is 0 Å². The van der Waals surface area contributed by atoms with Gasteiger partial charge in [-0.1, -0.05) is 6.92 Å². The predicted molar refractivity (Wildman–Crippen MR) is 63.8 cm³/mol. The van der Waals surface area contributed by atoms with E-state index in [1.54, 1.807) is 0 Å². The molecule has 0 aliphatic rings. The lowest BCUT2D eigenvalue weighted by Gasteiger charge is -2.21. The Morgan fingerprint density at radius 1 is 0.857 bits per heavy atom. The molecule has 0 spiro atoms. The zero-order valence-corrected chi connectivity index (χ0v) is 10.1. The first-order chi connectivity index (χ1) is 6.85. The lowest BCUT2D eigenvalue weighted by atomic mass is 10.3. The molecule has 0 aliphatic heterocycles. The predicted octanol–water partition coefficient (Wildman–Crippen LogP) is 0.917. The Morgan fingerprint density at radius 2 is 1.36 bits per heavy atom. The van der Waals surface area contributed by atoms with Gasteiger partial charge in [0.2, 0.25) is 0 Å². The Hall–Kier alpha value is -0.120. The molecule has 86 valence electrons. The monoisotopic (exact) mass is 201 g/mol. The summed E-state index contributed by atoms with van der Waals surface area (Å²) in [6.07, 6.45) is 3.78. The van der Waals surface area contributed by atoms with Crippen molar-refractivity contribution in [1.82, 2.24) is 15.5 Å². The van der Waals surface area contributed by atoms with Gasteiger partial charge in [-0.2, -0.15) is 0 Å². The van der Waals surface area contributed by atoms with E-state index in [1.165, 1.54) is 38.9 Å². The summed E-state index contributed by atoms with van der Waals surface area (Å²) in [4.78, 5) is 2.56. The number of nitrogens with one attached hydrogen (secondary N) is 2. The lowest BCUT2D eigenvalue weighted by molar-refractivity contribution is 0.267. The van der Waals surface area contributed by atoms with Gasteiger partial charge in [-0.25, -0.2) is 0 Å². The summed E-state index contributed by atoms with van der Waals surface area (Å²) in [5, 5.41) is 6.39. The SMILES string of the molecule is CCCN(CCCNC)CCCNC. The number of hydrogen-bond acceptors (Lipinski definition) is 3. The summed E-state index contributed by atoms with van der Waals surface area (Å²) in [7, 11) is 4.04. The van der Waals surface area contributed by atoms with Crippen LogP contribution < -0.4 is 10.6 Å². The maximum absolute atomic E-state index is 3.19. The Morgan fingerprint density at radius 3 is 1.71 bits per heavy atom. The normalized spacial score (nSPS) is 11.1. The van der Waals surface area contributed by atoms with Crippen LogP contribution in [-0.2, 0) is 0 Å². The first-order valence-electron chi connectivity index (χ1n) is 5.86. The van der Waals surface area contributed by atoms with Gasteiger partial charge in [0.15, 0.2) is 0 Å². The molecule has 0 rings (SSSR count). The van der Waals surface area contributed by atoms with Crippen LogP contribution in [0.25, 0.3) is 0 Å². The van der Waals surface area contributed by atoms with Crippen molar-refractivity contribution in [1.29, 1.82) is 0 Å². The van der Waals surface area contributed by atoms with Crippen LogP contribution in [-0.4, -0.2) is 51.7 Å². The van der Waals surface area contributed by atoms with Gasteiger partial charge in [0, 0.05) is 0 Å². The first kappa shape index (κ1) is 13.9. The minimum absolute atomic E-state index is 1.13. The molecule has 0 aromatic rings. The highest BCUT2D eigenvalue weighted by molar-refractivity contribution is 4.58. The number of rotatable bonds is 10. The van der Waals surface area contributed by atoms with Gasteiger partial charge in [0.1, 0.15) is 0 Å². The fourth-order valence-corrected chi connectivity index (χ4v) is 1.61. The molecule has 0 radical (unpaired) electrons. The molecule has 3 nitrogen and oxygen atoms in total. The van der Waals surface area contributed by atoms with E-state index in [-0.39, 0.29) is 0 Å². The Bertz CT molecular complexity index is 96.7. The van der Waals surface area contributed by atoms with Crippen LogP contribution in [0.15, 0.2) is 0 Å². The molecule has 0 saturated carbocycles. The molecular formula is C11H27N3. The molecule has 0 heterocycles. The topological polar surface area (TPSA) is 27.3 Å². The van der Waals surface area contributed by atoms with Crippen LogP contribution in [0.3, 0.4) is 0 Å². The zero-order chi connectivity index (χ0) is 10.6. The van der Waals surface area contributed by atoms with Gasteiger partial charge in [0.05, 0.1) is 0 Å². The van der Waals surface area contributed by atoms with Crippen LogP contribution in [0, 0.1) is 0 Å². The van der Waals surface area contributed by atoms with Crippen molar-refractivity contribution in [3.8, 4) is 0 Å². The standard InChI is InChI=1S/C11H27N3/c1-4-9-14(10-5-7-12-2)11-6-8-13-3/h12-13H,4-11H2,1-3H3. The molecule has 2 N–H and O–H groups in total. The molecule has 0 amide bonds. The lowest BCUT2D eigenvalue weighted by Crippen LogP contribution is -2.30. The molecule has 0 saturated heterocycles. The van der Waals surface area contributed by atoms with Crippen LogP contribution >= 0.6 is 0 Å². The van der Waals surface area contributed by atoms with Crippen molar-refractivity contribution in [2.24, 2.45) is 0 Å². The molecule has 0 aromatic heterocycles. The molecule has 0 aromatic carbocycles. The Kier molecular flexibility index (Phi) is 10.9. The maximum atomic E-state index is 3.19. The summed E-state index contributed by atoms with van der Waals surface area (Å²) >= 11 is 0. The fraction of sp³-hybridized carbons (Fsp3) is 1.00. The van der Waals surface area contributed by atoms with Gasteiger partial charge in [-0.05, 0) is 66.1 Å². The van der Waals surface area contributed by atoms with E-state index in [1.807, 2.05) is 14.1 Å². The van der Waals surface area contributed by atoms with E-state index in [0.717, 1.165) is 13.1 Å². The molecule has 0 unspecified atom stereocenters. The second-order valence-corrected chi connectivity index (χ2v) is 3.76. The maximum Gasteiger partial charge on any atom is -0.000663 e. The smallest absolute Gasteiger partial charge is 0.000663 e. The molecule has 0 fully saturated rings. The van der Waals surface area contributed by atoms with E-state index < -0.39 is 0 Å². The second-order valence-electron chi connectivity index (χ2n) is 3.76. The Balaban J connectivity index is 3.44. The average Bonchev–Trinajstić information content (AvgIpc) is 2.18. The van der Waals surface area contributed by atoms with E-state index >= 15 is 0 Å². The third-order valence-electron chi connectivity index (χ3n) is 2.34. The third kappa shape index (κ3) is 8.48. The van der Waals surface area contributed by atoms with Crippen molar-refractivity contribution in [3.63, 3.8) is 0 Å². The van der Waals surface area contributed by atoms with Crippen LogP contribution in [0.1, 0.15) is 26.2 Å². The largest absolute Gasteiger partial charge is 0.320 e. The molecular weight excluding hydrogens is 174 g/mol. The highest BCUT2D eigenvalue weighted by Crippen LogP contribution is 1.95. The van der Waals surface area contributed by atoms with Gasteiger partial charge in [0.25, 0.3) is 0 Å². The molecule has 14 heavy (non-hydrogen) atoms. The molecule has 0 atom stereocenters. The minimum atomic E-state index is 1.13. The second kappa shape index (κ2) is 11.0. The summed E-state index contributed by atoms with van der Waals surface area (Å²) in [5.41, 5.74) is 0. The van der Waals surface area contributed by atoms with Crippen molar-refractivity contribution < 1.29 is 0 Å². The van der Waals surface area contributed by atoms with Crippen LogP contribution in [0.5, 0.6) is 0 Å². The number of nitrogens with zero attached hydrogens (tertiary/aromatic N) is 1. The van der Waals surface area contributed by atoms with Crippen molar-refractivity contribution in [2.45, 2.75) is 26.2 Å². The van der Waals surface area contributed by atoms with E-state index in [9.17, 15) is 0 Å². The van der Waals surface area contributed by atoms with E-state index in [2.05, 4.69) is 22.5 Å². The quantitative estimate of drug-likeness (QED) is 0.515. The molecule has 0 bridgehead atoms. The van der Waals surface area contributed by atoms with Gasteiger partial charge < -0.3 is 15.5 Å². The zero-order valence-electron chi connectivity index (χ0n) is 10.1. The van der Waals surface area contributed by atoms with Gasteiger partial charge in [-0.3, -0.25) is 0 Å². The Labute approximate surface area is 89.2 Å². The summed E-state index contributed by atoms with van der Waals surface area (Å²) in [6.45, 7) is 8.23. The first-order valence-corrected chi connectivity index (χ1v) is 5.86. The van der Waals surface area contributed by atoms with Crippen molar-refractivity contribution in [3.05, 3.63) is 0 Å². The third-order valence-corrected chi connectivity index (χ3v) is 2.34. The average molecular weight is 201 g/mol. The van der Waals surface area contributed by atoms with E-state index in [4.69, 9.17) is 0 Å². The summed E-state index contributed by atoms with van der Waals surface area (Å²) in [5.74, 6) is 0. The van der Waals surface area contributed by atoms with Gasteiger partial charge >= 0.3 is 0 Å². The molecule has 3 heteroatoms. The van der Waals surface area contributed by atoms with Crippen LogP contribution in [0.2, 0.25) is 0 Å². The molecule has 0 aliphatic carbocycles. The highest BCUT2D eigenvalue weighted by atomic mass is 15.1. The number of hydrogen-bond donors (Lipinski definition) is 2. The summed E-state index contributed by atoms with van der Waals surface area (Å²) < 4.78 is 0. The van der Waals surface area contributed by atoms with Crippen molar-refractivity contribution >= 4 is 0 Å². The fourth-order valence-electron chi connectivity index (χ4n) is 1.61. The van der Waals surface area contributed by atoms with Gasteiger partial charge in [-0.15, -0.1) is 0 Å². The van der Waals surface area contributed by atoms with Crippen LogP contribution in [0.4, 0.5) is 0 Å². The summed E-state index contributed by atoms with van der Waals surface area (Å²) in [6, 6.07) is 0.